The number of anilines is 1. The van der Waals surface area contributed by atoms with Crippen LogP contribution in [0.1, 0.15) is 29.6 Å². The molecule has 1 aliphatic rings. The van der Waals surface area contributed by atoms with Crippen LogP contribution < -0.4 is 5.32 Å². The Morgan fingerprint density at radius 1 is 1.42 bits per heavy atom. The van der Waals surface area contributed by atoms with Gasteiger partial charge in [0.05, 0.1) is 11.1 Å². The summed E-state index contributed by atoms with van der Waals surface area (Å²) in [5, 5.41) is 13.1. The number of rotatable bonds is 5. The van der Waals surface area contributed by atoms with Crippen molar-refractivity contribution in [3.8, 4) is 0 Å². The summed E-state index contributed by atoms with van der Waals surface area (Å²) in [6, 6.07) is 5.08. The summed E-state index contributed by atoms with van der Waals surface area (Å²) in [4.78, 5) is 19.7. The lowest BCUT2D eigenvalue weighted by Crippen LogP contribution is -2.07. The van der Waals surface area contributed by atoms with Gasteiger partial charge in [-0.15, -0.1) is 0 Å². The van der Waals surface area contributed by atoms with Gasteiger partial charge < -0.3 is 10.4 Å². The number of nitrogens with one attached hydrogen (secondary N) is 1. The highest BCUT2D eigenvalue weighted by atomic mass is 16.4. The predicted octanol–water partition coefficient (Wildman–Crippen LogP) is 2.54. The van der Waals surface area contributed by atoms with Gasteiger partial charge in [-0.2, -0.15) is 0 Å². The van der Waals surface area contributed by atoms with Gasteiger partial charge in [0.15, 0.2) is 0 Å². The molecule has 1 aromatic heterocycles. The lowest BCUT2D eigenvalue weighted by Gasteiger charge is -2.06. The molecule has 2 N–H and O–H groups in total. The van der Waals surface area contributed by atoms with Crippen LogP contribution in [-0.4, -0.2) is 27.6 Å². The summed E-state index contributed by atoms with van der Waals surface area (Å²) >= 11 is 0. The molecule has 0 aliphatic heterocycles. The van der Waals surface area contributed by atoms with E-state index >= 15 is 0 Å². The monoisotopic (exact) mass is 257 g/mol. The van der Waals surface area contributed by atoms with Crippen molar-refractivity contribution < 1.29 is 9.90 Å². The highest BCUT2D eigenvalue weighted by Crippen LogP contribution is 2.32. The Hall–Kier alpha value is -2.17. The molecule has 1 aliphatic carbocycles. The lowest BCUT2D eigenvalue weighted by atomic mass is 10.1. The zero-order valence-corrected chi connectivity index (χ0v) is 10.5. The van der Waals surface area contributed by atoms with Crippen molar-refractivity contribution in [1.82, 2.24) is 9.97 Å². The molecule has 0 atom stereocenters. The Labute approximate surface area is 110 Å². The van der Waals surface area contributed by atoms with E-state index in [-0.39, 0.29) is 5.56 Å². The molecule has 0 amide bonds. The quantitative estimate of drug-likeness (QED) is 0.860. The van der Waals surface area contributed by atoms with Gasteiger partial charge in [0, 0.05) is 18.1 Å². The standard InChI is InChI=1S/C14H15N3O2/c18-13(19)11-3-1-2-10-8-16-14(17-12(10)11)15-7-6-9-4-5-9/h1-3,8-9H,4-7H2,(H,18,19)(H,15,16,17). The van der Waals surface area contributed by atoms with Crippen molar-refractivity contribution in [3.05, 3.63) is 30.0 Å². The maximum atomic E-state index is 11.2. The number of aromatic nitrogens is 2. The molecule has 0 spiro atoms. The second kappa shape index (κ2) is 4.84. The van der Waals surface area contributed by atoms with Crippen LogP contribution >= 0.6 is 0 Å². The molecule has 1 aromatic carbocycles. The number of aromatic carboxylic acids is 1. The summed E-state index contributed by atoms with van der Waals surface area (Å²) in [5.41, 5.74) is 0.698. The third-order valence-electron chi connectivity index (χ3n) is 3.37. The minimum absolute atomic E-state index is 0.213. The van der Waals surface area contributed by atoms with Crippen LogP contribution in [0.5, 0.6) is 0 Å². The third kappa shape index (κ3) is 2.65. The summed E-state index contributed by atoms with van der Waals surface area (Å²) in [6.07, 6.45) is 5.43. The smallest absolute Gasteiger partial charge is 0.337 e. The number of benzene rings is 1. The van der Waals surface area contributed by atoms with Crippen molar-refractivity contribution >= 4 is 22.8 Å². The van der Waals surface area contributed by atoms with Crippen LogP contribution in [0, 0.1) is 5.92 Å². The predicted molar refractivity (Wildman–Crippen MR) is 72.3 cm³/mol. The number of para-hydroxylation sites is 1. The van der Waals surface area contributed by atoms with Gasteiger partial charge in [-0.1, -0.05) is 25.0 Å². The van der Waals surface area contributed by atoms with E-state index in [0.717, 1.165) is 24.3 Å². The molecule has 1 fully saturated rings. The molecular formula is C14H15N3O2. The summed E-state index contributed by atoms with van der Waals surface area (Å²) in [6.45, 7) is 0.839. The maximum absolute atomic E-state index is 11.2. The van der Waals surface area contributed by atoms with Crippen LogP contribution in [-0.2, 0) is 0 Å². The van der Waals surface area contributed by atoms with E-state index in [9.17, 15) is 4.79 Å². The van der Waals surface area contributed by atoms with Gasteiger partial charge in [-0.05, 0) is 18.4 Å². The minimum atomic E-state index is -0.965. The fourth-order valence-corrected chi connectivity index (χ4v) is 2.11. The molecule has 5 nitrogen and oxygen atoms in total. The van der Waals surface area contributed by atoms with Crippen LogP contribution in [0.4, 0.5) is 5.95 Å². The Morgan fingerprint density at radius 2 is 2.26 bits per heavy atom. The van der Waals surface area contributed by atoms with E-state index in [0.29, 0.717) is 11.5 Å². The highest BCUT2D eigenvalue weighted by Gasteiger charge is 2.20. The Kier molecular flexibility index (Phi) is 3.03. The Morgan fingerprint density at radius 3 is 3.00 bits per heavy atom. The molecule has 19 heavy (non-hydrogen) atoms. The number of carbonyl (C=O) groups is 1. The molecule has 98 valence electrons. The number of fused-ring (bicyclic) bond motifs is 1. The van der Waals surface area contributed by atoms with Gasteiger partial charge in [0.1, 0.15) is 0 Å². The Bertz CT molecular complexity index is 623. The normalized spacial score (nSPS) is 14.5. The molecule has 2 aromatic rings. The number of carboxylic acids is 1. The van der Waals surface area contributed by atoms with E-state index in [4.69, 9.17) is 5.11 Å². The first kappa shape index (κ1) is 11.9. The zero-order valence-electron chi connectivity index (χ0n) is 10.5. The minimum Gasteiger partial charge on any atom is -0.478 e. The first-order chi connectivity index (χ1) is 9.24. The van der Waals surface area contributed by atoms with Gasteiger partial charge >= 0.3 is 5.97 Å². The van der Waals surface area contributed by atoms with Crippen molar-refractivity contribution in [2.45, 2.75) is 19.3 Å². The SMILES string of the molecule is O=C(O)c1cccc2cnc(NCCC3CC3)nc12. The molecule has 0 radical (unpaired) electrons. The average Bonchev–Trinajstić information content (AvgIpc) is 3.22. The number of hydrogen-bond acceptors (Lipinski definition) is 4. The molecule has 0 unspecified atom stereocenters. The molecule has 5 heteroatoms. The van der Waals surface area contributed by atoms with E-state index in [2.05, 4.69) is 15.3 Å². The molecule has 1 heterocycles. The van der Waals surface area contributed by atoms with Crippen molar-refractivity contribution in [3.63, 3.8) is 0 Å². The topological polar surface area (TPSA) is 75.1 Å². The Balaban J connectivity index is 1.85. The van der Waals surface area contributed by atoms with Crippen LogP contribution in [0.2, 0.25) is 0 Å². The maximum Gasteiger partial charge on any atom is 0.337 e. The van der Waals surface area contributed by atoms with Gasteiger partial charge in [-0.3, -0.25) is 0 Å². The molecule has 0 saturated heterocycles. The fourth-order valence-electron chi connectivity index (χ4n) is 2.11. The van der Waals surface area contributed by atoms with E-state index in [1.807, 2.05) is 6.07 Å². The van der Waals surface area contributed by atoms with Gasteiger partial charge in [-0.25, -0.2) is 14.8 Å². The van der Waals surface area contributed by atoms with Gasteiger partial charge in [0.2, 0.25) is 5.95 Å². The van der Waals surface area contributed by atoms with Crippen LogP contribution in [0.25, 0.3) is 10.9 Å². The summed E-state index contributed by atoms with van der Waals surface area (Å²) in [5.74, 6) is 0.387. The number of carboxylic acid groups (broad SMARTS) is 1. The van der Waals surface area contributed by atoms with Crippen molar-refractivity contribution in [2.24, 2.45) is 5.92 Å². The fraction of sp³-hybridized carbons (Fsp3) is 0.357. The van der Waals surface area contributed by atoms with Crippen LogP contribution in [0.15, 0.2) is 24.4 Å². The first-order valence-electron chi connectivity index (χ1n) is 6.47. The largest absolute Gasteiger partial charge is 0.478 e. The summed E-state index contributed by atoms with van der Waals surface area (Å²) in [7, 11) is 0. The van der Waals surface area contributed by atoms with E-state index < -0.39 is 5.97 Å². The lowest BCUT2D eigenvalue weighted by molar-refractivity contribution is 0.0699. The summed E-state index contributed by atoms with van der Waals surface area (Å²) < 4.78 is 0. The average molecular weight is 257 g/mol. The second-order valence-electron chi connectivity index (χ2n) is 4.90. The highest BCUT2D eigenvalue weighted by molar-refractivity contribution is 6.01. The zero-order chi connectivity index (χ0) is 13.2. The third-order valence-corrected chi connectivity index (χ3v) is 3.37. The van der Waals surface area contributed by atoms with E-state index in [1.54, 1.807) is 18.3 Å². The molecular weight excluding hydrogens is 242 g/mol. The molecule has 3 rings (SSSR count). The van der Waals surface area contributed by atoms with E-state index in [1.165, 1.54) is 12.8 Å². The van der Waals surface area contributed by atoms with Crippen LogP contribution in [0.3, 0.4) is 0 Å². The van der Waals surface area contributed by atoms with Gasteiger partial charge in [0.25, 0.3) is 0 Å². The number of nitrogens with zero attached hydrogens (tertiary/aromatic N) is 2. The molecule has 1 saturated carbocycles. The number of hydrogen-bond donors (Lipinski definition) is 2. The first-order valence-corrected chi connectivity index (χ1v) is 6.47. The second-order valence-corrected chi connectivity index (χ2v) is 4.90. The van der Waals surface area contributed by atoms with Crippen molar-refractivity contribution in [1.29, 1.82) is 0 Å². The molecule has 0 bridgehead atoms. The van der Waals surface area contributed by atoms with Crippen molar-refractivity contribution in [2.75, 3.05) is 11.9 Å².